The maximum atomic E-state index is 14.0. The Morgan fingerprint density at radius 2 is 1.93 bits per heavy atom. The van der Waals surface area contributed by atoms with Crippen molar-refractivity contribution in [3.05, 3.63) is 106 Å². The number of rotatable bonds is 7. The molecule has 8 nitrogen and oxygen atoms in total. The fourth-order valence-electron chi connectivity index (χ4n) is 5.01. The van der Waals surface area contributed by atoms with Gasteiger partial charge in [0, 0.05) is 20.7 Å². The number of carbonyl (C=O) groups is 1. The molecule has 0 saturated heterocycles. The molecule has 218 valence electrons. The highest BCUT2D eigenvalue weighted by Crippen LogP contribution is 2.38. The van der Waals surface area contributed by atoms with Gasteiger partial charge in [-0.15, -0.1) is 0 Å². The van der Waals surface area contributed by atoms with Crippen LogP contribution in [0.4, 0.5) is 5.69 Å². The van der Waals surface area contributed by atoms with Crippen LogP contribution in [0.5, 0.6) is 11.5 Å². The van der Waals surface area contributed by atoms with Gasteiger partial charge in [0.05, 0.1) is 28.5 Å². The van der Waals surface area contributed by atoms with E-state index in [9.17, 15) is 9.59 Å². The van der Waals surface area contributed by atoms with Gasteiger partial charge in [0.25, 0.3) is 5.56 Å². The van der Waals surface area contributed by atoms with Crippen molar-refractivity contribution in [2.24, 2.45) is 4.99 Å². The first kappa shape index (κ1) is 29.8. The van der Waals surface area contributed by atoms with Crippen LogP contribution in [0, 0.1) is 10.5 Å². The second-order valence-electron chi connectivity index (χ2n) is 9.94. The van der Waals surface area contributed by atoms with Crippen LogP contribution in [-0.4, -0.2) is 23.9 Å². The number of aryl methyl sites for hydroxylation is 1. The number of fused-ring (bicyclic) bond motifs is 2. The van der Waals surface area contributed by atoms with Crippen molar-refractivity contribution in [3.8, 4) is 11.5 Å². The molecule has 2 aliphatic rings. The minimum atomic E-state index is -0.724. The third kappa shape index (κ3) is 5.57. The summed E-state index contributed by atoms with van der Waals surface area (Å²) in [7, 11) is 0. The Kier molecular flexibility index (Phi) is 8.74. The van der Waals surface area contributed by atoms with Crippen LogP contribution in [0.25, 0.3) is 6.08 Å². The molecular weight excluding hydrogens is 665 g/mol. The summed E-state index contributed by atoms with van der Waals surface area (Å²) in [6, 6.07) is 11.1. The molecule has 2 aliphatic heterocycles. The number of esters is 1. The molecular formula is C32H32IN3O5S. The Morgan fingerprint density at radius 1 is 1.17 bits per heavy atom. The summed E-state index contributed by atoms with van der Waals surface area (Å²) in [6.07, 6.45) is 5.83. The molecule has 0 bridgehead atoms. The van der Waals surface area contributed by atoms with Crippen molar-refractivity contribution >= 4 is 51.7 Å². The number of ether oxygens (including phenoxy) is 3. The Balaban J connectivity index is 1.63. The highest BCUT2D eigenvalue weighted by atomic mass is 127. The Hall–Kier alpha value is -3.64. The van der Waals surface area contributed by atoms with E-state index in [2.05, 4.69) is 70.6 Å². The number of allylic oxidation sites excluding steroid dienone is 5. The Labute approximate surface area is 262 Å². The second-order valence-corrected chi connectivity index (χ2v) is 12.1. The summed E-state index contributed by atoms with van der Waals surface area (Å²) in [4.78, 5) is 34.5. The summed E-state index contributed by atoms with van der Waals surface area (Å²) in [5.41, 5.74) is 5.59. The smallest absolute Gasteiger partial charge is 0.338 e. The van der Waals surface area contributed by atoms with Crippen LogP contribution >= 0.6 is 33.9 Å². The van der Waals surface area contributed by atoms with Crippen molar-refractivity contribution in [2.75, 3.05) is 18.3 Å². The summed E-state index contributed by atoms with van der Waals surface area (Å²) < 4.78 is 19.7. The van der Waals surface area contributed by atoms with E-state index in [0.717, 1.165) is 17.1 Å². The van der Waals surface area contributed by atoms with Gasteiger partial charge in [0.1, 0.15) is 0 Å². The van der Waals surface area contributed by atoms with E-state index in [1.54, 1.807) is 24.5 Å². The molecule has 1 aromatic heterocycles. The summed E-state index contributed by atoms with van der Waals surface area (Å²) >= 11 is 3.64. The summed E-state index contributed by atoms with van der Waals surface area (Å²) in [5, 5.41) is 0. The predicted molar refractivity (Wildman–Crippen MR) is 173 cm³/mol. The molecule has 0 spiro atoms. The number of carbonyl (C=O) groups excluding carboxylic acids is 1. The van der Waals surface area contributed by atoms with Crippen molar-refractivity contribution in [2.45, 2.75) is 47.6 Å². The van der Waals surface area contributed by atoms with Gasteiger partial charge in [-0.05, 0) is 112 Å². The molecule has 0 aliphatic carbocycles. The number of hydrogen-bond donors (Lipinski definition) is 0. The number of thiazole rings is 1. The SMILES string of the molecule is C/C=C(/C)N(/C(C)=C/C=c1\sc2n(c1=O)C(c1ccc3c(c1)OCO3)C(C(=O)OCC)=C(C)N=2)c1ccc(C)c(I)c1. The normalized spacial score (nSPS) is 16.8. The topological polar surface area (TPSA) is 82.4 Å². The number of benzene rings is 2. The number of halogens is 1. The lowest BCUT2D eigenvalue weighted by atomic mass is 9.95. The maximum absolute atomic E-state index is 14.0. The standard InChI is InChI=1S/C32H32IN3O5S/c1-7-19(4)35(23-12-9-18(3)24(33)16-23)20(5)10-14-27-30(37)36-29(22-11-13-25-26(15-22)41-17-40-25)28(31(38)39-8-2)21(6)34-32(36)42-27/h7,9-16,29H,8,17H2,1-6H3/b19-7-,20-10+,27-14-. The quantitative estimate of drug-likeness (QED) is 0.232. The lowest BCUT2D eigenvalue weighted by Gasteiger charge is -2.26. The second kappa shape index (κ2) is 12.3. The average molecular weight is 698 g/mol. The molecule has 1 atom stereocenters. The fourth-order valence-corrected chi connectivity index (χ4v) is 6.50. The van der Waals surface area contributed by atoms with E-state index in [1.165, 1.54) is 20.5 Å². The molecule has 0 saturated carbocycles. The van der Waals surface area contributed by atoms with Crippen LogP contribution in [-0.2, 0) is 9.53 Å². The average Bonchev–Trinajstić information content (AvgIpc) is 3.56. The van der Waals surface area contributed by atoms with Crippen molar-refractivity contribution in [1.82, 2.24) is 4.57 Å². The van der Waals surface area contributed by atoms with Crippen LogP contribution in [0.15, 0.2) is 81.0 Å². The molecule has 42 heavy (non-hydrogen) atoms. The van der Waals surface area contributed by atoms with Crippen molar-refractivity contribution in [3.63, 3.8) is 0 Å². The highest BCUT2D eigenvalue weighted by molar-refractivity contribution is 14.1. The molecule has 1 unspecified atom stereocenters. The van der Waals surface area contributed by atoms with Gasteiger partial charge in [0.2, 0.25) is 6.79 Å². The number of nitrogens with zero attached hydrogens (tertiary/aromatic N) is 3. The monoisotopic (exact) mass is 697 g/mol. The van der Waals surface area contributed by atoms with E-state index in [-0.39, 0.29) is 19.0 Å². The van der Waals surface area contributed by atoms with Crippen molar-refractivity contribution < 1.29 is 19.0 Å². The zero-order valence-corrected chi connectivity index (χ0v) is 27.3. The van der Waals surface area contributed by atoms with Gasteiger partial charge in [0.15, 0.2) is 16.3 Å². The number of aromatic nitrogens is 1. The molecule has 0 N–H and O–H groups in total. The summed E-state index contributed by atoms with van der Waals surface area (Å²) in [5.74, 6) is 0.683. The first-order chi connectivity index (χ1) is 20.1. The first-order valence-electron chi connectivity index (χ1n) is 13.6. The molecule has 5 rings (SSSR count). The number of hydrogen-bond acceptors (Lipinski definition) is 8. The van der Waals surface area contributed by atoms with Gasteiger partial charge in [-0.3, -0.25) is 9.36 Å². The Morgan fingerprint density at radius 3 is 2.64 bits per heavy atom. The van der Waals surface area contributed by atoms with Crippen molar-refractivity contribution in [1.29, 1.82) is 0 Å². The first-order valence-corrected chi connectivity index (χ1v) is 15.5. The van der Waals surface area contributed by atoms with Gasteiger partial charge < -0.3 is 19.1 Å². The lowest BCUT2D eigenvalue weighted by molar-refractivity contribution is -0.139. The van der Waals surface area contributed by atoms with E-state index in [4.69, 9.17) is 14.2 Å². The summed E-state index contributed by atoms with van der Waals surface area (Å²) in [6.45, 7) is 12.0. The minimum Gasteiger partial charge on any atom is -0.463 e. The predicted octanol–water partition coefficient (Wildman–Crippen LogP) is 5.73. The minimum absolute atomic E-state index is 0.123. The van der Waals surface area contributed by atoms with Crippen LogP contribution in [0.1, 0.15) is 51.8 Å². The van der Waals surface area contributed by atoms with E-state index in [1.807, 2.05) is 38.1 Å². The maximum Gasteiger partial charge on any atom is 0.338 e. The van der Waals surface area contributed by atoms with Gasteiger partial charge in [-0.1, -0.05) is 29.5 Å². The molecule has 10 heteroatoms. The fraction of sp³-hybridized carbons (Fsp3) is 0.281. The largest absolute Gasteiger partial charge is 0.463 e. The molecule has 0 radical (unpaired) electrons. The van der Waals surface area contributed by atoms with E-state index >= 15 is 0 Å². The zero-order valence-electron chi connectivity index (χ0n) is 24.4. The Bertz CT molecular complexity index is 1850. The lowest BCUT2D eigenvalue weighted by Crippen LogP contribution is -2.39. The third-order valence-corrected chi connectivity index (χ3v) is 9.41. The van der Waals surface area contributed by atoms with Gasteiger partial charge in [-0.25, -0.2) is 9.79 Å². The van der Waals surface area contributed by atoms with Gasteiger partial charge in [-0.2, -0.15) is 0 Å². The van der Waals surface area contributed by atoms with E-state index in [0.29, 0.717) is 37.7 Å². The molecule has 3 heterocycles. The molecule has 2 aromatic carbocycles. The van der Waals surface area contributed by atoms with Crippen LogP contribution in [0.3, 0.4) is 0 Å². The highest BCUT2D eigenvalue weighted by Gasteiger charge is 2.34. The molecule has 0 fully saturated rings. The van der Waals surface area contributed by atoms with E-state index < -0.39 is 12.0 Å². The van der Waals surface area contributed by atoms with Crippen LogP contribution < -0.4 is 29.3 Å². The van der Waals surface area contributed by atoms with Crippen LogP contribution in [0.2, 0.25) is 0 Å². The van der Waals surface area contributed by atoms with Gasteiger partial charge >= 0.3 is 5.97 Å². The molecule has 3 aromatic rings. The third-order valence-electron chi connectivity index (χ3n) is 7.24. The zero-order chi connectivity index (χ0) is 30.1. The number of anilines is 1. The molecule has 0 amide bonds.